The average molecular weight is 272 g/mol. The van der Waals surface area contributed by atoms with E-state index in [-0.39, 0.29) is 11.9 Å². The molecule has 5 heteroatoms. The lowest BCUT2D eigenvalue weighted by atomic mass is 10.0. The number of hydrogen-bond acceptors (Lipinski definition) is 3. The molecule has 0 saturated heterocycles. The maximum atomic E-state index is 11.8. The third-order valence-corrected chi connectivity index (χ3v) is 3.13. The van der Waals surface area contributed by atoms with Gasteiger partial charge in [-0.3, -0.25) is 9.48 Å². The molecule has 3 N–H and O–H groups in total. The predicted octanol–water partition coefficient (Wildman–Crippen LogP) is 1.17. The van der Waals surface area contributed by atoms with Gasteiger partial charge in [0.15, 0.2) is 0 Å². The van der Waals surface area contributed by atoms with E-state index in [9.17, 15) is 4.79 Å². The fraction of sp³-hybridized carbons (Fsp3) is 0.333. The topological polar surface area (TPSA) is 72.9 Å². The molecule has 1 aromatic carbocycles. The Morgan fingerprint density at radius 1 is 1.40 bits per heavy atom. The van der Waals surface area contributed by atoms with Crippen molar-refractivity contribution in [2.24, 2.45) is 12.8 Å². The molecule has 5 nitrogen and oxygen atoms in total. The number of rotatable bonds is 6. The van der Waals surface area contributed by atoms with Crippen molar-refractivity contribution in [3.05, 3.63) is 53.9 Å². The van der Waals surface area contributed by atoms with E-state index >= 15 is 0 Å². The molecular formula is C15H20N4O. The molecule has 1 aromatic heterocycles. The molecule has 1 heterocycles. The van der Waals surface area contributed by atoms with Crippen LogP contribution < -0.4 is 11.1 Å². The number of aryl methyl sites for hydroxylation is 1. The van der Waals surface area contributed by atoms with Crippen molar-refractivity contribution in [2.45, 2.75) is 18.9 Å². The first-order valence-corrected chi connectivity index (χ1v) is 6.70. The predicted molar refractivity (Wildman–Crippen MR) is 77.9 cm³/mol. The van der Waals surface area contributed by atoms with E-state index in [4.69, 9.17) is 5.73 Å². The van der Waals surface area contributed by atoms with E-state index in [1.165, 1.54) is 0 Å². The van der Waals surface area contributed by atoms with Gasteiger partial charge in [-0.05, 0) is 17.5 Å². The molecular weight excluding hydrogens is 252 g/mol. The van der Waals surface area contributed by atoms with Crippen molar-refractivity contribution >= 4 is 5.91 Å². The van der Waals surface area contributed by atoms with Crippen molar-refractivity contribution < 1.29 is 4.79 Å². The minimum Gasteiger partial charge on any atom is -0.356 e. The Kier molecular flexibility index (Phi) is 4.90. The zero-order valence-corrected chi connectivity index (χ0v) is 11.6. The Hall–Kier alpha value is -2.14. The number of benzene rings is 1. The summed E-state index contributed by atoms with van der Waals surface area (Å²) in [6.45, 7) is 0.603. The average Bonchev–Trinajstić information content (AvgIpc) is 2.85. The highest BCUT2D eigenvalue weighted by molar-refractivity contribution is 5.76. The zero-order chi connectivity index (χ0) is 14.4. The summed E-state index contributed by atoms with van der Waals surface area (Å²) in [7, 11) is 1.88. The number of hydrogen-bond donors (Lipinski definition) is 2. The quantitative estimate of drug-likeness (QED) is 0.829. The number of carbonyl (C=O) groups excluding carboxylic acids is 1. The largest absolute Gasteiger partial charge is 0.356 e. The van der Waals surface area contributed by atoms with E-state index in [2.05, 4.69) is 10.4 Å². The van der Waals surface area contributed by atoms with Crippen LogP contribution in [0.15, 0.2) is 42.7 Å². The van der Waals surface area contributed by atoms with E-state index < -0.39 is 0 Å². The van der Waals surface area contributed by atoms with Crippen LogP contribution in [0, 0.1) is 0 Å². The summed E-state index contributed by atoms with van der Waals surface area (Å²) < 4.78 is 1.75. The van der Waals surface area contributed by atoms with Crippen molar-refractivity contribution in [2.75, 3.05) is 6.54 Å². The summed E-state index contributed by atoms with van der Waals surface area (Å²) in [4.78, 5) is 11.8. The van der Waals surface area contributed by atoms with Crippen LogP contribution in [0.4, 0.5) is 0 Å². The summed E-state index contributed by atoms with van der Waals surface area (Å²) >= 11 is 0. The lowest BCUT2D eigenvalue weighted by Crippen LogP contribution is -2.29. The van der Waals surface area contributed by atoms with Gasteiger partial charge in [-0.1, -0.05) is 30.3 Å². The van der Waals surface area contributed by atoms with E-state index in [1.807, 2.05) is 49.8 Å². The Morgan fingerprint density at radius 3 is 2.80 bits per heavy atom. The van der Waals surface area contributed by atoms with Crippen LogP contribution in [-0.2, 0) is 18.3 Å². The highest BCUT2D eigenvalue weighted by atomic mass is 16.1. The number of aromatic nitrogens is 2. The fourth-order valence-corrected chi connectivity index (χ4v) is 2.04. The molecule has 0 aliphatic carbocycles. The van der Waals surface area contributed by atoms with Gasteiger partial charge in [0.05, 0.1) is 6.20 Å². The van der Waals surface area contributed by atoms with Crippen LogP contribution >= 0.6 is 0 Å². The van der Waals surface area contributed by atoms with Gasteiger partial charge in [0.2, 0.25) is 5.91 Å². The van der Waals surface area contributed by atoms with Crippen molar-refractivity contribution in [1.29, 1.82) is 0 Å². The van der Waals surface area contributed by atoms with Crippen LogP contribution in [0.25, 0.3) is 0 Å². The van der Waals surface area contributed by atoms with Crippen LogP contribution in [0.5, 0.6) is 0 Å². The van der Waals surface area contributed by atoms with E-state index in [0.29, 0.717) is 13.0 Å². The van der Waals surface area contributed by atoms with Crippen molar-refractivity contribution in [1.82, 2.24) is 15.1 Å². The smallest absolute Gasteiger partial charge is 0.221 e. The van der Waals surface area contributed by atoms with Gasteiger partial charge >= 0.3 is 0 Å². The molecule has 1 atom stereocenters. The minimum absolute atomic E-state index is 0.0229. The Labute approximate surface area is 118 Å². The number of nitrogens with two attached hydrogens (primary N) is 1. The van der Waals surface area contributed by atoms with Gasteiger partial charge in [-0.25, -0.2) is 0 Å². The third kappa shape index (κ3) is 4.20. The fourth-order valence-electron chi connectivity index (χ4n) is 2.04. The molecule has 0 radical (unpaired) electrons. The van der Waals surface area contributed by atoms with Crippen molar-refractivity contribution in [3.63, 3.8) is 0 Å². The SMILES string of the molecule is Cn1cc(CCNC(=O)CC(N)c2ccccc2)cn1. The molecule has 1 unspecified atom stereocenters. The second kappa shape index (κ2) is 6.86. The van der Waals surface area contributed by atoms with Crippen molar-refractivity contribution in [3.8, 4) is 0 Å². The first kappa shape index (κ1) is 14.3. The molecule has 0 saturated carbocycles. The second-order valence-electron chi connectivity index (χ2n) is 4.84. The number of carbonyl (C=O) groups is 1. The highest BCUT2D eigenvalue weighted by Gasteiger charge is 2.10. The summed E-state index contributed by atoms with van der Waals surface area (Å²) in [5, 5.41) is 6.97. The zero-order valence-electron chi connectivity index (χ0n) is 11.6. The molecule has 0 spiro atoms. The Bertz CT molecular complexity index is 550. The van der Waals surface area contributed by atoms with Gasteiger partial charge in [0.1, 0.15) is 0 Å². The van der Waals surface area contributed by atoms with Gasteiger partial charge in [0.25, 0.3) is 0 Å². The Balaban J connectivity index is 1.73. The first-order chi connectivity index (χ1) is 9.65. The lowest BCUT2D eigenvalue weighted by molar-refractivity contribution is -0.121. The number of nitrogens with zero attached hydrogens (tertiary/aromatic N) is 2. The Morgan fingerprint density at radius 2 is 2.15 bits per heavy atom. The molecule has 0 bridgehead atoms. The van der Waals surface area contributed by atoms with Gasteiger partial charge in [-0.2, -0.15) is 5.10 Å². The summed E-state index contributed by atoms with van der Waals surface area (Å²) in [6.07, 6.45) is 4.83. The maximum absolute atomic E-state index is 11.8. The maximum Gasteiger partial charge on any atom is 0.221 e. The monoisotopic (exact) mass is 272 g/mol. The van der Waals surface area contributed by atoms with Crippen LogP contribution in [0.1, 0.15) is 23.6 Å². The molecule has 20 heavy (non-hydrogen) atoms. The highest BCUT2D eigenvalue weighted by Crippen LogP contribution is 2.12. The van der Waals surface area contributed by atoms with Gasteiger partial charge in [-0.15, -0.1) is 0 Å². The standard InChI is InChI=1S/C15H20N4O/c1-19-11-12(10-18-19)7-8-17-15(20)9-14(16)13-5-3-2-4-6-13/h2-6,10-11,14H,7-9,16H2,1H3,(H,17,20). The molecule has 2 rings (SSSR count). The molecule has 106 valence electrons. The molecule has 2 aromatic rings. The third-order valence-electron chi connectivity index (χ3n) is 3.13. The van der Waals surface area contributed by atoms with E-state index in [1.54, 1.807) is 4.68 Å². The van der Waals surface area contributed by atoms with E-state index in [0.717, 1.165) is 17.5 Å². The molecule has 1 amide bonds. The normalized spacial score (nSPS) is 12.1. The second-order valence-corrected chi connectivity index (χ2v) is 4.84. The van der Waals surface area contributed by atoms with Crippen LogP contribution in [-0.4, -0.2) is 22.2 Å². The lowest BCUT2D eigenvalue weighted by Gasteiger charge is -2.11. The van der Waals surface area contributed by atoms with Crippen LogP contribution in [0.2, 0.25) is 0 Å². The summed E-state index contributed by atoms with van der Waals surface area (Å²) in [5.41, 5.74) is 8.10. The number of nitrogens with one attached hydrogen (secondary N) is 1. The number of amides is 1. The summed E-state index contributed by atoms with van der Waals surface area (Å²) in [6, 6.07) is 9.41. The summed E-state index contributed by atoms with van der Waals surface area (Å²) in [5.74, 6) is -0.0229. The molecule has 0 fully saturated rings. The first-order valence-electron chi connectivity index (χ1n) is 6.70. The molecule has 0 aliphatic heterocycles. The molecule has 0 aliphatic rings. The van der Waals surface area contributed by atoms with Gasteiger partial charge < -0.3 is 11.1 Å². The minimum atomic E-state index is -0.255. The van der Waals surface area contributed by atoms with Crippen LogP contribution in [0.3, 0.4) is 0 Å². The van der Waals surface area contributed by atoms with Gasteiger partial charge in [0, 0.05) is 32.3 Å².